The molecule has 2 rings (SSSR count). The van der Waals surface area contributed by atoms with Crippen LogP contribution in [-0.2, 0) is 0 Å². The Morgan fingerprint density at radius 2 is 2.21 bits per heavy atom. The zero-order valence-corrected chi connectivity index (χ0v) is 8.44. The molecule has 0 amide bonds. The van der Waals surface area contributed by atoms with E-state index in [0.29, 0.717) is 16.9 Å². The largest absolute Gasteiger partial charge is 0.398 e. The second kappa shape index (κ2) is 3.38. The molecular weight excluding hydrogens is 199 g/mol. The summed E-state index contributed by atoms with van der Waals surface area (Å²) in [5, 5.41) is 1.80. The lowest BCUT2D eigenvalue weighted by atomic mass is 10.1. The molecule has 0 unspecified atom stereocenters. The van der Waals surface area contributed by atoms with E-state index in [9.17, 15) is 4.39 Å². The summed E-state index contributed by atoms with van der Waals surface area (Å²) in [5.74, 6) is -0.275. The quantitative estimate of drug-likeness (QED) is 0.732. The highest BCUT2D eigenvalue weighted by molar-refractivity contribution is 7.07. The van der Waals surface area contributed by atoms with E-state index in [4.69, 9.17) is 5.73 Å². The fourth-order valence-electron chi connectivity index (χ4n) is 1.23. The molecule has 0 saturated heterocycles. The SMILES string of the molecule is Cc1cc(F)c(-c2cscn2)cc1N. The number of aryl methyl sites for hydroxylation is 1. The van der Waals surface area contributed by atoms with E-state index in [1.165, 1.54) is 17.4 Å². The lowest BCUT2D eigenvalue weighted by molar-refractivity contribution is 0.630. The third kappa shape index (κ3) is 1.48. The molecule has 0 spiro atoms. The minimum absolute atomic E-state index is 0.275. The first kappa shape index (κ1) is 9.15. The highest BCUT2D eigenvalue weighted by Gasteiger charge is 2.08. The van der Waals surface area contributed by atoms with Crippen molar-refractivity contribution in [3.63, 3.8) is 0 Å². The molecule has 0 radical (unpaired) electrons. The van der Waals surface area contributed by atoms with Crippen LogP contribution in [-0.4, -0.2) is 4.98 Å². The number of hydrogen-bond acceptors (Lipinski definition) is 3. The number of anilines is 1. The maximum absolute atomic E-state index is 13.5. The van der Waals surface area contributed by atoms with Crippen molar-refractivity contribution < 1.29 is 4.39 Å². The molecule has 1 aromatic carbocycles. The Kier molecular flexibility index (Phi) is 2.21. The third-order valence-electron chi connectivity index (χ3n) is 2.06. The van der Waals surface area contributed by atoms with Crippen molar-refractivity contribution in [3.8, 4) is 11.3 Å². The normalized spacial score (nSPS) is 10.4. The number of halogens is 1. The second-order valence-corrected chi connectivity index (χ2v) is 3.78. The fraction of sp³-hybridized carbons (Fsp3) is 0.100. The number of benzene rings is 1. The average molecular weight is 208 g/mol. The van der Waals surface area contributed by atoms with Crippen LogP contribution in [0.3, 0.4) is 0 Å². The number of hydrogen-bond donors (Lipinski definition) is 1. The van der Waals surface area contributed by atoms with Gasteiger partial charge >= 0.3 is 0 Å². The highest BCUT2D eigenvalue weighted by atomic mass is 32.1. The van der Waals surface area contributed by atoms with E-state index in [-0.39, 0.29) is 5.82 Å². The van der Waals surface area contributed by atoms with Gasteiger partial charge in [0, 0.05) is 16.6 Å². The van der Waals surface area contributed by atoms with Gasteiger partial charge in [-0.1, -0.05) is 0 Å². The van der Waals surface area contributed by atoms with Crippen molar-refractivity contribution in [3.05, 3.63) is 34.4 Å². The molecule has 0 aliphatic rings. The summed E-state index contributed by atoms with van der Waals surface area (Å²) in [5.41, 5.74) is 9.82. The Morgan fingerprint density at radius 1 is 1.43 bits per heavy atom. The number of thiazole rings is 1. The van der Waals surface area contributed by atoms with Crippen LogP contribution in [0.2, 0.25) is 0 Å². The molecule has 0 fully saturated rings. The maximum Gasteiger partial charge on any atom is 0.133 e. The van der Waals surface area contributed by atoms with E-state index in [2.05, 4.69) is 4.98 Å². The number of nitrogens with zero attached hydrogens (tertiary/aromatic N) is 1. The van der Waals surface area contributed by atoms with Gasteiger partial charge in [0.1, 0.15) is 5.82 Å². The van der Waals surface area contributed by atoms with Crippen LogP contribution in [0.5, 0.6) is 0 Å². The van der Waals surface area contributed by atoms with Gasteiger partial charge in [0.15, 0.2) is 0 Å². The predicted molar refractivity (Wildman–Crippen MR) is 56.7 cm³/mol. The predicted octanol–water partition coefficient (Wildman–Crippen LogP) is 2.84. The molecule has 2 aromatic rings. The Labute approximate surface area is 85.2 Å². The molecule has 0 aliphatic heterocycles. The summed E-state index contributed by atoms with van der Waals surface area (Å²) in [6.07, 6.45) is 0. The van der Waals surface area contributed by atoms with Gasteiger partial charge in [-0.15, -0.1) is 11.3 Å². The molecular formula is C10H9FN2S. The van der Waals surface area contributed by atoms with Crippen LogP contribution in [0.1, 0.15) is 5.56 Å². The smallest absolute Gasteiger partial charge is 0.133 e. The Bertz CT molecular complexity index is 451. The standard InChI is InChI=1S/C10H9FN2S/c1-6-2-8(11)7(3-9(6)12)10-4-14-5-13-10/h2-5H,12H2,1H3. The van der Waals surface area contributed by atoms with Gasteiger partial charge in [-0.3, -0.25) is 0 Å². The molecule has 14 heavy (non-hydrogen) atoms. The summed E-state index contributed by atoms with van der Waals surface area (Å²) in [6.45, 7) is 1.78. The van der Waals surface area contributed by atoms with E-state index in [1.807, 2.05) is 0 Å². The molecule has 1 heterocycles. The van der Waals surface area contributed by atoms with E-state index in [0.717, 1.165) is 5.56 Å². The van der Waals surface area contributed by atoms with E-state index >= 15 is 0 Å². The van der Waals surface area contributed by atoms with Gasteiger partial charge in [-0.2, -0.15) is 0 Å². The lowest BCUT2D eigenvalue weighted by Crippen LogP contribution is -1.93. The molecule has 1 aromatic heterocycles. The van der Waals surface area contributed by atoms with Crippen LogP contribution in [0.4, 0.5) is 10.1 Å². The van der Waals surface area contributed by atoms with Gasteiger partial charge in [-0.25, -0.2) is 9.37 Å². The molecule has 72 valence electrons. The molecule has 2 N–H and O–H groups in total. The van der Waals surface area contributed by atoms with E-state index in [1.54, 1.807) is 23.9 Å². The van der Waals surface area contributed by atoms with Gasteiger partial charge < -0.3 is 5.73 Å². The minimum atomic E-state index is -0.275. The Morgan fingerprint density at radius 3 is 2.86 bits per heavy atom. The summed E-state index contributed by atoms with van der Waals surface area (Å²) in [6, 6.07) is 3.06. The first-order valence-corrected chi connectivity index (χ1v) is 5.07. The molecule has 0 atom stereocenters. The average Bonchev–Trinajstić information content (AvgIpc) is 2.64. The Hall–Kier alpha value is -1.42. The molecule has 2 nitrogen and oxygen atoms in total. The van der Waals surface area contributed by atoms with Crippen molar-refractivity contribution in [2.24, 2.45) is 0 Å². The molecule has 0 bridgehead atoms. The van der Waals surface area contributed by atoms with Crippen LogP contribution in [0, 0.1) is 12.7 Å². The van der Waals surface area contributed by atoms with Gasteiger partial charge in [-0.05, 0) is 24.6 Å². The number of rotatable bonds is 1. The van der Waals surface area contributed by atoms with Gasteiger partial charge in [0.25, 0.3) is 0 Å². The third-order valence-corrected chi connectivity index (χ3v) is 2.65. The molecule has 0 aliphatic carbocycles. The molecule has 4 heteroatoms. The summed E-state index contributed by atoms with van der Waals surface area (Å²) in [7, 11) is 0. The topological polar surface area (TPSA) is 38.9 Å². The van der Waals surface area contributed by atoms with Crippen molar-refractivity contribution in [2.45, 2.75) is 6.92 Å². The van der Waals surface area contributed by atoms with Crippen molar-refractivity contribution in [1.29, 1.82) is 0 Å². The van der Waals surface area contributed by atoms with Crippen molar-refractivity contribution >= 4 is 17.0 Å². The van der Waals surface area contributed by atoms with Gasteiger partial charge in [0.05, 0.1) is 11.2 Å². The summed E-state index contributed by atoms with van der Waals surface area (Å²) >= 11 is 1.43. The zero-order chi connectivity index (χ0) is 10.1. The van der Waals surface area contributed by atoms with Gasteiger partial charge in [0.2, 0.25) is 0 Å². The molecule has 0 saturated carbocycles. The van der Waals surface area contributed by atoms with Crippen LogP contribution >= 0.6 is 11.3 Å². The Balaban J connectivity index is 2.60. The maximum atomic E-state index is 13.5. The summed E-state index contributed by atoms with van der Waals surface area (Å²) < 4.78 is 13.5. The second-order valence-electron chi connectivity index (χ2n) is 3.06. The zero-order valence-electron chi connectivity index (χ0n) is 7.62. The lowest BCUT2D eigenvalue weighted by Gasteiger charge is -2.04. The van der Waals surface area contributed by atoms with Crippen molar-refractivity contribution in [2.75, 3.05) is 5.73 Å². The van der Waals surface area contributed by atoms with Crippen LogP contribution in [0.25, 0.3) is 11.3 Å². The first-order valence-electron chi connectivity index (χ1n) is 4.12. The summed E-state index contributed by atoms with van der Waals surface area (Å²) in [4.78, 5) is 4.04. The number of aromatic nitrogens is 1. The monoisotopic (exact) mass is 208 g/mol. The number of nitrogen functional groups attached to an aromatic ring is 1. The minimum Gasteiger partial charge on any atom is -0.398 e. The van der Waals surface area contributed by atoms with Crippen molar-refractivity contribution in [1.82, 2.24) is 4.98 Å². The first-order chi connectivity index (χ1) is 6.68. The van der Waals surface area contributed by atoms with E-state index < -0.39 is 0 Å². The van der Waals surface area contributed by atoms with Crippen LogP contribution < -0.4 is 5.73 Å². The van der Waals surface area contributed by atoms with Crippen LogP contribution in [0.15, 0.2) is 23.0 Å². The number of nitrogens with two attached hydrogens (primary N) is 1. The fourth-order valence-corrected chi connectivity index (χ4v) is 1.78. The highest BCUT2D eigenvalue weighted by Crippen LogP contribution is 2.26.